The highest BCUT2D eigenvalue weighted by Gasteiger charge is 2.19. The van der Waals surface area contributed by atoms with Crippen molar-refractivity contribution >= 4 is 0 Å². The van der Waals surface area contributed by atoms with Gasteiger partial charge in [0.25, 0.3) is 0 Å². The van der Waals surface area contributed by atoms with Gasteiger partial charge in [0.05, 0.1) is 0 Å². The average molecular weight is 234 g/mol. The van der Waals surface area contributed by atoms with Crippen LogP contribution in [-0.2, 0) is 6.42 Å². The lowest BCUT2D eigenvalue weighted by atomic mass is 9.85. The standard InChI is InChI=1S/C15H26N2/c1-11-7-6-8-12(2)14(11)9-13(17-16)10-15(3,4)5/h6-8,13,17H,9-10,16H2,1-5H3. The average Bonchev–Trinajstić information content (AvgIpc) is 2.20. The van der Waals surface area contributed by atoms with Gasteiger partial charge in [0.2, 0.25) is 0 Å². The van der Waals surface area contributed by atoms with Crippen LogP contribution in [0.4, 0.5) is 0 Å². The Morgan fingerprint density at radius 3 is 2.12 bits per heavy atom. The number of hydrazine groups is 1. The minimum absolute atomic E-state index is 0.299. The monoisotopic (exact) mass is 234 g/mol. The number of benzene rings is 1. The lowest BCUT2D eigenvalue weighted by Crippen LogP contribution is -2.39. The Labute approximate surface area is 106 Å². The van der Waals surface area contributed by atoms with Crippen molar-refractivity contribution in [3.63, 3.8) is 0 Å². The molecule has 1 aromatic carbocycles. The number of rotatable bonds is 4. The fourth-order valence-electron chi connectivity index (χ4n) is 2.35. The van der Waals surface area contributed by atoms with Gasteiger partial charge in [-0.25, -0.2) is 0 Å². The van der Waals surface area contributed by atoms with Crippen molar-refractivity contribution in [3.8, 4) is 0 Å². The van der Waals surface area contributed by atoms with Crippen LogP contribution in [0.15, 0.2) is 18.2 Å². The predicted molar refractivity (Wildman–Crippen MR) is 74.8 cm³/mol. The van der Waals surface area contributed by atoms with Crippen molar-refractivity contribution in [1.29, 1.82) is 0 Å². The van der Waals surface area contributed by atoms with Crippen LogP contribution in [0.5, 0.6) is 0 Å². The first-order valence-electron chi connectivity index (χ1n) is 6.34. The van der Waals surface area contributed by atoms with Crippen molar-refractivity contribution in [2.24, 2.45) is 11.3 Å². The van der Waals surface area contributed by atoms with E-state index in [1.165, 1.54) is 16.7 Å². The Bertz CT molecular complexity index is 343. The van der Waals surface area contributed by atoms with Crippen molar-refractivity contribution < 1.29 is 0 Å². The molecule has 0 aromatic heterocycles. The molecule has 1 atom stereocenters. The molecule has 0 heterocycles. The molecule has 0 aliphatic heterocycles. The van der Waals surface area contributed by atoms with Gasteiger partial charge in [-0.1, -0.05) is 39.0 Å². The van der Waals surface area contributed by atoms with Crippen molar-refractivity contribution in [3.05, 3.63) is 34.9 Å². The molecule has 0 radical (unpaired) electrons. The van der Waals surface area contributed by atoms with Crippen LogP contribution in [0, 0.1) is 19.3 Å². The molecule has 0 aliphatic carbocycles. The molecule has 0 spiro atoms. The fraction of sp³-hybridized carbons (Fsp3) is 0.600. The van der Waals surface area contributed by atoms with Crippen LogP contribution in [-0.4, -0.2) is 6.04 Å². The molecule has 17 heavy (non-hydrogen) atoms. The van der Waals surface area contributed by atoms with Gasteiger partial charge in [-0.3, -0.25) is 11.3 Å². The Morgan fingerprint density at radius 2 is 1.71 bits per heavy atom. The van der Waals surface area contributed by atoms with Crippen LogP contribution >= 0.6 is 0 Å². The fourth-order valence-corrected chi connectivity index (χ4v) is 2.35. The molecule has 0 saturated carbocycles. The lowest BCUT2D eigenvalue weighted by Gasteiger charge is -2.26. The number of aryl methyl sites for hydroxylation is 2. The van der Waals surface area contributed by atoms with E-state index in [0.717, 1.165) is 12.8 Å². The number of hydrogen-bond acceptors (Lipinski definition) is 2. The van der Waals surface area contributed by atoms with Crippen LogP contribution in [0.3, 0.4) is 0 Å². The smallest absolute Gasteiger partial charge is 0.0256 e. The Balaban J connectivity index is 2.81. The molecular formula is C15H26N2. The number of hydrogen-bond donors (Lipinski definition) is 2. The summed E-state index contributed by atoms with van der Waals surface area (Å²) in [4.78, 5) is 0. The second kappa shape index (κ2) is 5.65. The first-order chi connectivity index (χ1) is 7.83. The van der Waals surface area contributed by atoms with Gasteiger partial charge in [-0.2, -0.15) is 0 Å². The Kier molecular flexibility index (Phi) is 4.72. The van der Waals surface area contributed by atoms with E-state index in [1.807, 2.05) is 0 Å². The molecule has 0 aliphatic rings. The zero-order valence-corrected chi connectivity index (χ0v) is 11.8. The number of nitrogens with one attached hydrogen (secondary N) is 1. The minimum Gasteiger partial charge on any atom is -0.271 e. The summed E-state index contributed by atoms with van der Waals surface area (Å²) in [6, 6.07) is 6.80. The molecule has 0 fully saturated rings. The van der Waals surface area contributed by atoms with Crippen LogP contribution in [0.2, 0.25) is 0 Å². The van der Waals surface area contributed by atoms with E-state index in [0.29, 0.717) is 11.5 Å². The topological polar surface area (TPSA) is 38.0 Å². The van der Waals surface area contributed by atoms with E-state index in [4.69, 9.17) is 5.84 Å². The van der Waals surface area contributed by atoms with Gasteiger partial charge >= 0.3 is 0 Å². The minimum atomic E-state index is 0.299. The van der Waals surface area contributed by atoms with Gasteiger partial charge in [0, 0.05) is 6.04 Å². The zero-order valence-electron chi connectivity index (χ0n) is 11.8. The molecular weight excluding hydrogens is 208 g/mol. The molecule has 1 unspecified atom stereocenters. The van der Waals surface area contributed by atoms with Crippen molar-refractivity contribution in [2.45, 2.75) is 53.5 Å². The maximum absolute atomic E-state index is 5.68. The van der Waals surface area contributed by atoms with E-state index < -0.39 is 0 Å². The normalized spacial score (nSPS) is 13.8. The summed E-state index contributed by atoms with van der Waals surface area (Å²) < 4.78 is 0. The van der Waals surface area contributed by atoms with Crippen molar-refractivity contribution in [2.75, 3.05) is 0 Å². The molecule has 2 heteroatoms. The highest BCUT2D eigenvalue weighted by molar-refractivity contribution is 5.34. The van der Waals surface area contributed by atoms with E-state index in [9.17, 15) is 0 Å². The summed E-state index contributed by atoms with van der Waals surface area (Å²) in [7, 11) is 0. The lowest BCUT2D eigenvalue weighted by molar-refractivity contribution is 0.308. The van der Waals surface area contributed by atoms with Gasteiger partial charge in [0.15, 0.2) is 0 Å². The molecule has 2 nitrogen and oxygen atoms in total. The second-order valence-corrected chi connectivity index (χ2v) is 6.20. The summed E-state index contributed by atoms with van der Waals surface area (Å²) in [5.74, 6) is 5.68. The molecule has 0 amide bonds. The third-order valence-electron chi connectivity index (χ3n) is 3.19. The van der Waals surface area contributed by atoms with Crippen LogP contribution in [0.1, 0.15) is 43.9 Å². The third-order valence-corrected chi connectivity index (χ3v) is 3.19. The molecule has 1 rings (SSSR count). The molecule has 3 N–H and O–H groups in total. The summed E-state index contributed by atoms with van der Waals surface area (Å²) in [5, 5.41) is 0. The van der Waals surface area contributed by atoms with Crippen molar-refractivity contribution in [1.82, 2.24) is 5.43 Å². The largest absolute Gasteiger partial charge is 0.271 e. The summed E-state index contributed by atoms with van der Waals surface area (Å²) in [5.41, 5.74) is 7.41. The van der Waals surface area contributed by atoms with E-state index in [-0.39, 0.29) is 0 Å². The van der Waals surface area contributed by atoms with Crippen LogP contribution < -0.4 is 11.3 Å². The number of nitrogens with two attached hydrogens (primary N) is 1. The summed E-state index contributed by atoms with van der Waals surface area (Å²) in [6.07, 6.45) is 2.09. The first-order valence-corrected chi connectivity index (χ1v) is 6.34. The summed E-state index contributed by atoms with van der Waals surface area (Å²) >= 11 is 0. The SMILES string of the molecule is Cc1cccc(C)c1CC(CC(C)(C)C)NN. The zero-order chi connectivity index (χ0) is 13.1. The van der Waals surface area contributed by atoms with E-state index in [2.05, 4.69) is 58.2 Å². The first kappa shape index (κ1) is 14.2. The van der Waals surface area contributed by atoms with E-state index in [1.54, 1.807) is 0 Å². The quantitative estimate of drug-likeness (QED) is 0.620. The van der Waals surface area contributed by atoms with Gasteiger partial charge in [-0.15, -0.1) is 0 Å². The van der Waals surface area contributed by atoms with Gasteiger partial charge in [-0.05, 0) is 48.8 Å². The second-order valence-electron chi connectivity index (χ2n) is 6.20. The maximum atomic E-state index is 5.68. The highest BCUT2D eigenvalue weighted by Crippen LogP contribution is 2.24. The predicted octanol–water partition coefficient (Wildman–Crippen LogP) is 3.11. The van der Waals surface area contributed by atoms with Gasteiger partial charge < -0.3 is 0 Å². The maximum Gasteiger partial charge on any atom is 0.0256 e. The Morgan fingerprint density at radius 1 is 1.18 bits per heavy atom. The third kappa shape index (κ3) is 4.49. The molecule has 1 aromatic rings. The molecule has 0 saturated heterocycles. The molecule has 96 valence electrons. The van der Waals surface area contributed by atoms with E-state index >= 15 is 0 Å². The summed E-state index contributed by atoms with van der Waals surface area (Å²) in [6.45, 7) is 11.1. The van der Waals surface area contributed by atoms with Crippen LogP contribution in [0.25, 0.3) is 0 Å². The highest BCUT2D eigenvalue weighted by atomic mass is 15.2. The van der Waals surface area contributed by atoms with Gasteiger partial charge in [0.1, 0.15) is 0 Å². The Hall–Kier alpha value is -0.860. The molecule has 0 bridgehead atoms.